The number of alkyl halides is 3. The Morgan fingerprint density at radius 2 is 2.10 bits per heavy atom. The molecular weight excluding hydrogens is 287 g/mol. The lowest BCUT2D eigenvalue weighted by molar-refractivity contribution is -0.137. The smallest absolute Gasteiger partial charge is 0.352 e. The highest BCUT2D eigenvalue weighted by Gasteiger charge is 2.40. The number of aromatic nitrogens is 1. The number of halogens is 3. The molecule has 0 aromatic carbocycles. The zero-order valence-electron chi connectivity index (χ0n) is 11.6. The molecule has 1 aliphatic rings. The Bertz CT molecular complexity index is 558. The van der Waals surface area contributed by atoms with Crippen LogP contribution in [0.3, 0.4) is 0 Å². The predicted octanol–water partition coefficient (Wildman–Crippen LogP) is 1.10. The van der Waals surface area contributed by atoms with Gasteiger partial charge in [-0.25, -0.2) is 10.8 Å². The van der Waals surface area contributed by atoms with Gasteiger partial charge in [0.2, 0.25) is 5.91 Å². The molecule has 0 saturated carbocycles. The van der Waals surface area contributed by atoms with E-state index in [9.17, 15) is 18.0 Å². The molecule has 1 aliphatic heterocycles. The van der Waals surface area contributed by atoms with Gasteiger partial charge in [0.05, 0.1) is 5.56 Å². The van der Waals surface area contributed by atoms with Crippen molar-refractivity contribution in [3.63, 3.8) is 0 Å². The molecule has 0 atom stereocenters. The summed E-state index contributed by atoms with van der Waals surface area (Å²) in [5.74, 6) is 4.85. The van der Waals surface area contributed by atoms with Crippen LogP contribution in [0.2, 0.25) is 0 Å². The van der Waals surface area contributed by atoms with E-state index in [4.69, 9.17) is 5.84 Å². The van der Waals surface area contributed by atoms with Gasteiger partial charge in [0.15, 0.2) is 0 Å². The van der Waals surface area contributed by atoms with Crippen molar-refractivity contribution in [2.75, 3.05) is 23.4 Å². The minimum atomic E-state index is -4.52. The molecule has 9 heteroatoms. The van der Waals surface area contributed by atoms with Crippen LogP contribution >= 0.6 is 0 Å². The van der Waals surface area contributed by atoms with Crippen molar-refractivity contribution >= 4 is 17.5 Å². The molecule has 21 heavy (non-hydrogen) atoms. The van der Waals surface area contributed by atoms with Crippen LogP contribution in [-0.4, -0.2) is 29.5 Å². The van der Waals surface area contributed by atoms with Crippen LogP contribution in [0, 0.1) is 0 Å². The number of nitrogen functional groups attached to an aromatic ring is 1. The number of pyridine rings is 1. The summed E-state index contributed by atoms with van der Waals surface area (Å²) in [6.07, 6.45) is -4.52. The van der Waals surface area contributed by atoms with E-state index in [0.717, 1.165) is 12.1 Å². The molecule has 0 bridgehead atoms. The third kappa shape index (κ3) is 2.87. The number of anilines is 2. The Hall–Kier alpha value is -2.03. The van der Waals surface area contributed by atoms with Crippen molar-refractivity contribution in [2.45, 2.75) is 25.6 Å². The molecule has 116 valence electrons. The van der Waals surface area contributed by atoms with Crippen molar-refractivity contribution in [3.05, 3.63) is 17.7 Å². The summed E-state index contributed by atoms with van der Waals surface area (Å²) in [6, 6.07) is 1.74. The molecule has 0 aliphatic carbocycles. The SMILES string of the molecule is CC1(C)C(=O)NCCN1c1cc(C(F)(F)F)cc(NN)n1. The highest BCUT2D eigenvalue weighted by Crippen LogP contribution is 2.34. The number of amides is 1. The van der Waals surface area contributed by atoms with Crippen LogP contribution in [0.15, 0.2) is 12.1 Å². The third-order valence-electron chi connectivity index (χ3n) is 3.42. The number of hydrogen-bond donors (Lipinski definition) is 3. The Balaban J connectivity index is 2.50. The molecule has 0 unspecified atom stereocenters. The molecule has 1 aromatic rings. The molecule has 0 radical (unpaired) electrons. The maximum absolute atomic E-state index is 12.9. The molecule has 1 fully saturated rings. The number of carbonyl (C=O) groups is 1. The van der Waals surface area contributed by atoms with Gasteiger partial charge in [-0.1, -0.05) is 0 Å². The monoisotopic (exact) mass is 303 g/mol. The predicted molar refractivity (Wildman–Crippen MR) is 71.5 cm³/mol. The third-order valence-corrected chi connectivity index (χ3v) is 3.42. The van der Waals surface area contributed by atoms with E-state index in [1.54, 1.807) is 13.8 Å². The van der Waals surface area contributed by atoms with Gasteiger partial charge in [0.25, 0.3) is 0 Å². The number of carbonyl (C=O) groups excluding carboxylic acids is 1. The van der Waals surface area contributed by atoms with Gasteiger partial charge in [-0.15, -0.1) is 0 Å². The van der Waals surface area contributed by atoms with Crippen molar-refractivity contribution in [3.8, 4) is 0 Å². The summed E-state index contributed by atoms with van der Waals surface area (Å²) in [5.41, 5.74) is 0.248. The largest absolute Gasteiger partial charge is 0.416 e. The lowest BCUT2D eigenvalue weighted by Crippen LogP contribution is -2.62. The summed E-state index contributed by atoms with van der Waals surface area (Å²) >= 11 is 0. The highest BCUT2D eigenvalue weighted by atomic mass is 19.4. The minimum Gasteiger partial charge on any atom is -0.352 e. The van der Waals surface area contributed by atoms with Crippen LogP contribution in [0.25, 0.3) is 0 Å². The molecule has 2 heterocycles. The molecule has 6 nitrogen and oxygen atoms in total. The number of piperazine rings is 1. The maximum atomic E-state index is 12.9. The van der Waals surface area contributed by atoms with Crippen LogP contribution in [-0.2, 0) is 11.0 Å². The fourth-order valence-corrected chi connectivity index (χ4v) is 2.19. The quantitative estimate of drug-likeness (QED) is 0.563. The van der Waals surface area contributed by atoms with Gasteiger partial charge in [-0.05, 0) is 26.0 Å². The number of nitrogens with two attached hydrogens (primary N) is 1. The van der Waals surface area contributed by atoms with E-state index in [1.165, 1.54) is 4.90 Å². The lowest BCUT2D eigenvalue weighted by Gasteiger charge is -2.42. The first kappa shape index (κ1) is 15.4. The Labute approximate surface area is 119 Å². The first-order valence-electron chi connectivity index (χ1n) is 6.28. The second-order valence-corrected chi connectivity index (χ2v) is 5.21. The van der Waals surface area contributed by atoms with Crippen LogP contribution in [0.1, 0.15) is 19.4 Å². The van der Waals surface area contributed by atoms with Gasteiger partial charge >= 0.3 is 6.18 Å². The normalized spacial score (nSPS) is 18.4. The topological polar surface area (TPSA) is 83.3 Å². The Kier molecular flexibility index (Phi) is 3.70. The van der Waals surface area contributed by atoms with E-state index in [-0.39, 0.29) is 17.5 Å². The van der Waals surface area contributed by atoms with Gasteiger partial charge < -0.3 is 15.6 Å². The van der Waals surface area contributed by atoms with Crippen LogP contribution < -0.4 is 21.5 Å². The number of hydrogen-bond acceptors (Lipinski definition) is 5. The highest BCUT2D eigenvalue weighted by molar-refractivity contribution is 5.90. The number of rotatable bonds is 2. The molecule has 0 spiro atoms. The Morgan fingerprint density at radius 3 is 2.67 bits per heavy atom. The van der Waals surface area contributed by atoms with E-state index in [0.29, 0.717) is 13.1 Å². The van der Waals surface area contributed by atoms with E-state index in [2.05, 4.69) is 15.7 Å². The first-order chi connectivity index (χ1) is 9.66. The number of hydrazine groups is 1. The number of nitrogens with zero attached hydrogens (tertiary/aromatic N) is 2. The summed E-state index contributed by atoms with van der Waals surface area (Å²) in [5, 5.41) is 2.67. The summed E-state index contributed by atoms with van der Waals surface area (Å²) in [6.45, 7) is 3.95. The fraction of sp³-hybridized carbons (Fsp3) is 0.500. The van der Waals surface area contributed by atoms with E-state index in [1.807, 2.05) is 0 Å². The molecule has 2 rings (SSSR count). The van der Waals surface area contributed by atoms with Crippen molar-refractivity contribution in [1.82, 2.24) is 10.3 Å². The average molecular weight is 303 g/mol. The van der Waals surface area contributed by atoms with Gasteiger partial charge in [0, 0.05) is 13.1 Å². The van der Waals surface area contributed by atoms with Crippen molar-refractivity contribution < 1.29 is 18.0 Å². The zero-order chi connectivity index (χ0) is 15.8. The average Bonchev–Trinajstić information content (AvgIpc) is 2.40. The maximum Gasteiger partial charge on any atom is 0.416 e. The summed E-state index contributed by atoms with van der Waals surface area (Å²) in [4.78, 5) is 17.5. The van der Waals surface area contributed by atoms with Crippen LogP contribution in [0.4, 0.5) is 24.8 Å². The lowest BCUT2D eigenvalue weighted by atomic mass is 9.98. The first-order valence-corrected chi connectivity index (χ1v) is 6.28. The van der Waals surface area contributed by atoms with E-state index >= 15 is 0 Å². The van der Waals surface area contributed by atoms with Gasteiger partial charge in [0.1, 0.15) is 17.2 Å². The summed E-state index contributed by atoms with van der Waals surface area (Å²) < 4.78 is 38.8. The standard InChI is InChI=1S/C12H16F3N5O/c1-11(2)10(21)17-3-4-20(11)9-6-7(12(13,14)15)5-8(18-9)19-16/h5-6H,3-4,16H2,1-2H3,(H,17,21)(H,18,19). The van der Waals surface area contributed by atoms with Crippen LogP contribution in [0.5, 0.6) is 0 Å². The molecule has 1 aromatic heterocycles. The van der Waals surface area contributed by atoms with Crippen molar-refractivity contribution in [2.24, 2.45) is 5.84 Å². The Morgan fingerprint density at radius 1 is 1.43 bits per heavy atom. The number of nitrogens with one attached hydrogen (secondary N) is 2. The van der Waals surface area contributed by atoms with E-state index < -0.39 is 17.3 Å². The molecule has 4 N–H and O–H groups in total. The van der Waals surface area contributed by atoms with Gasteiger partial charge in [-0.3, -0.25) is 4.79 Å². The molecular formula is C12H16F3N5O. The van der Waals surface area contributed by atoms with Crippen molar-refractivity contribution in [1.29, 1.82) is 0 Å². The fourth-order valence-electron chi connectivity index (χ4n) is 2.19. The molecule has 1 amide bonds. The second-order valence-electron chi connectivity index (χ2n) is 5.21. The zero-order valence-corrected chi connectivity index (χ0v) is 11.6. The second kappa shape index (κ2) is 5.06. The van der Waals surface area contributed by atoms with Gasteiger partial charge in [-0.2, -0.15) is 13.2 Å². The summed E-state index contributed by atoms with van der Waals surface area (Å²) in [7, 11) is 0. The molecule has 1 saturated heterocycles. The minimum absolute atomic E-state index is 0.0534.